The second kappa shape index (κ2) is 4.03. The van der Waals surface area contributed by atoms with Gasteiger partial charge < -0.3 is 0 Å². The zero-order valence-corrected chi connectivity index (χ0v) is 7.83. The standard InChI is InChI=1S/C10H12NO2/c1-3-8-6-5-7-10(11(12)13)9(8)4-2/h5-6H,3-4H2,1-2H3. The summed E-state index contributed by atoms with van der Waals surface area (Å²) in [7, 11) is 0. The van der Waals surface area contributed by atoms with Gasteiger partial charge in [0.2, 0.25) is 0 Å². The molecule has 0 N–H and O–H groups in total. The molecule has 1 radical (unpaired) electrons. The van der Waals surface area contributed by atoms with Crippen molar-refractivity contribution in [2.45, 2.75) is 26.7 Å². The summed E-state index contributed by atoms with van der Waals surface area (Å²) in [4.78, 5) is 10.3. The second-order valence-corrected chi connectivity index (χ2v) is 2.79. The molecule has 0 atom stereocenters. The van der Waals surface area contributed by atoms with Crippen LogP contribution in [0.15, 0.2) is 12.1 Å². The minimum atomic E-state index is -0.363. The summed E-state index contributed by atoms with van der Waals surface area (Å²) < 4.78 is 0. The molecular formula is C10H12NO2. The number of hydrogen-bond donors (Lipinski definition) is 0. The van der Waals surface area contributed by atoms with E-state index in [-0.39, 0.29) is 10.6 Å². The molecule has 0 saturated carbocycles. The Bertz CT molecular complexity index is 321. The van der Waals surface area contributed by atoms with Crippen LogP contribution in [0.3, 0.4) is 0 Å². The average Bonchev–Trinajstić information content (AvgIpc) is 2.16. The van der Waals surface area contributed by atoms with E-state index in [9.17, 15) is 10.1 Å². The van der Waals surface area contributed by atoms with Crippen LogP contribution in [0.5, 0.6) is 0 Å². The lowest BCUT2D eigenvalue weighted by Crippen LogP contribution is -1.98. The van der Waals surface area contributed by atoms with Crippen LogP contribution in [-0.4, -0.2) is 4.92 Å². The van der Waals surface area contributed by atoms with Gasteiger partial charge >= 0.3 is 0 Å². The normalized spacial score (nSPS) is 10.0. The first kappa shape index (κ1) is 9.71. The lowest BCUT2D eigenvalue weighted by Gasteiger charge is -2.04. The van der Waals surface area contributed by atoms with Crippen molar-refractivity contribution < 1.29 is 4.92 Å². The van der Waals surface area contributed by atoms with E-state index in [1.807, 2.05) is 19.9 Å². The highest BCUT2D eigenvalue weighted by Gasteiger charge is 2.14. The Labute approximate surface area is 77.5 Å². The Morgan fingerprint density at radius 3 is 2.62 bits per heavy atom. The summed E-state index contributed by atoms with van der Waals surface area (Å²) >= 11 is 0. The van der Waals surface area contributed by atoms with E-state index < -0.39 is 0 Å². The zero-order valence-electron chi connectivity index (χ0n) is 7.83. The maximum atomic E-state index is 10.6. The van der Waals surface area contributed by atoms with Crippen molar-refractivity contribution >= 4 is 5.69 Å². The van der Waals surface area contributed by atoms with Gasteiger partial charge in [-0.1, -0.05) is 19.9 Å². The highest BCUT2D eigenvalue weighted by atomic mass is 16.6. The van der Waals surface area contributed by atoms with E-state index >= 15 is 0 Å². The van der Waals surface area contributed by atoms with Crippen molar-refractivity contribution in [2.75, 3.05) is 0 Å². The van der Waals surface area contributed by atoms with Gasteiger partial charge in [-0.3, -0.25) is 10.1 Å². The van der Waals surface area contributed by atoms with Gasteiger partial charge in [0.25, 0.3) is 5.69 Å². The highest BCUT2D eigenvalue weighted by Crippen LogP contribution is 2.22. The monoisotopic (exact) mass is 178 g/mol. The van der Waals surface area contributed by atoms with Gasteiger partial charge in [0.15, 0.2) is 0 Å². The first-order valence-corrected chi connectivity index (χ1v) is 4.37. The molecule has 1 aromatic carbocycles. The van der Waals surface area contributed by atoms with Crippen LogP contribution < -0.4 is 0 Å². The van der Waals surface area contributed by atoms with Gasteiger partial charge in [0, 0.05) is 5.56 Å². The number of aryl methyl sites for hydroxylation is 1. The third kappa shape index (κ3) is 1.86. The van der Waals surface area contributed by atoms with Crippen LogP contribution in [0, 0.1) is 16.2 Å². The van der Waals surface area contributed by atoms with Crippen LogP contribution in [0.2, 0.25) is 0 Å². The predicted molar refractivity (Wildman–Crippen MR) is 50.7 cm³/mol. The number of nitro benzene ring substituents is 1. The number of hydrogen-bond acceptors (Lipinski definition) is 2. The van der Waals surface area contributed by atoms with Crippen LogP contribution in [-0.2, 0) is 12.8 Å². The lowest BCUT2D eigenvalue weighted by molar-refractivity contribution is -0.385. The molecule has 0 unspecified atom stereocenters. The Balaban J connectivity index is 3.27. The number of benzene rings is 1. The van der Waals surface area contributed by atoms with E-state index in [2.05, 4.69) is 6.07 Å². The first-order valence-electron chi connectivity index (χ1n) is 4.37. The summed E-state index contributed by atoms with van der Waals surface area (Å²) in [5.74, 6) is 0. The Morgan fingerprint density at radius 1 is 1.46 bits per heavy atom. The summed E-state index contributed by atoms with van der Waals surface area (Å²) in [6.07, 6.45) is 1.52. The van der Waals surface area contributed by atoms with E-state index in [1.165, 1.54) is 0 Å². The number of rotatable bonds is 3. The lowest BCUT2D eigenvalue weighted by atomic mass is 10.0. The fourth-order valence-corrected chi connectivity index (χ4v) is 1.45. The van der Waals surface area contributed by atoms with Gasteiger partial charge in [0.1, 0.15) is 0 Å². The Morgan fingerprint density at radius 2 is 2.15 bits per heavy atom. The van der Waals surface area contributed by atoms with Crippen molar-refractivity contribution in [3.05, 3.63) is 39.4 Å². The molecule has 69 valence electrons. The van der Waals surface area contributed by atoms with Gasteiger partial charge in [0.05, 0.1) is 11.0 Å². The zero-order chi connectivity index (χ0) is 9.84. The quantitative estimate of drug-likeness (QED) is 0.527. The summed E-state index contributed by atoms with van der Waals surface area (Å²) in [6, 6.07) is 6.18. The van der Waals surface area contributed by atoms with E-state index in [4.69, 9.17) is 0 Å². The number of nitro groups is 1. The van der Waals surface area contributed by atoms with Crippen LogP contribution >= 0.6 is 0 Å². The summed E-state index contributed by atoms with van der Waals surface area (Å²) in [6.45, 7) is 3.92. The second-order valence-electron chi connectivity index (χ2n) is 2.79. The molecule has 0 aromatic heterocycles. The minimum Gasteiger partial charge on any atom is -0.258 e. The maximum absolute atomic E-state index is 10.6. The summed E-state index contributed by atoms with van der Waals surface area (Å²) in [5.41, 5.74) is 1.99. The van der Waals surface area contributed by atoms with Crippen molar-refractivity contribution in [2.24, 2.45) is 0 Å². The molecule has 0 bridgehead atoms. The molecule has 0 aliphatic rings. The van der Waals surface area contributed by atoms with Gasteiger partial charge in [-0.25, -0.2) is 0 Å². The fraction of sp³-hybridized carbons (Fsp3) is 0.400. The van der Waals surface area contributed by atoms with E-state index in [0.717, 1.165) is 17.5 Å². The molecular weight excluding hydrogens is 166 g/mol. The smallest absolute Gasteiger partial charge is 0.258 e. The largest absolute Gasteiger partial charge is 0.280 e. The molecule has 0 amide bonds. The van der Waals surface area contributed by atoms with E-state index in [0.29, 0.717) is 6.42 Å². The van der Waals surface area contributed by atoms with Gasteiger partial charge in [-0.15, -0.1) is 0 Å². The third-order valence-corrected chi connectivity index (χ3v) is 2.10. The van der Waals surface area contributed by atoms with Crippen LogP contribution in [0.25, 0.3) is 0 Å². The first-order chi connectivity index (χ1) is 6.20. The molecule has 0 aliphatic carbocycles. The summed E-state index contributed by atoms with van der Waals surface area (Å²) in [5, 5.41) is 10.6. The fourth-order valence-electron chi connectivity index (χ4n) is 1.45. The van der Waals surface area contributed by atoms with Crippen molar-refractivity contribution in [1.29, 1.82) is 0 Å². The molecule has 1 rings (SSSR count). The maximum Gasteiger partial charge on any atom is 0.280 e. The molecule has 3 nitrogen and oxygen atoms in total. The van der Waals surface area contributed by atoms with Gasteiger partial charge in [-0.05, 0) is 24.5 Å². The molecule has 0 fully saturated rings. The topological polar surface area (TPSA) is 43.1 Å². The van der Waals surface area contributed by atoms with Crippen molar-refractivity contribution in [1.82, 2.24) is 0 Å². The average molecular weight is 178 g/mol. The molecule has 1 aromatic rings. The molecule has 0 heterocycles. The SMILES string of the molecule is CCc1cc[c]c([N+](=O)[O-])c1CC. The predicted octanol–water partition coefficient (Wildman–Crippen LogP) is 2.52. The minimum absolute atomic E-state index is 0.127. The van der Waals surface area contributed by atoms with Crippen molar-refractivity contribution in [3.63, 3.8) is 0 Å². The van der Waals surface area contributed by atoms with Crippen LogP contribution in [0.4, 0.5) is 5.69 Å². The Kier molecular flexibility index (Phi) is 3.01. The van der Waals surface area contributed by atoms with Gasteiger partial charge in [-0.2, -0.15) is 0 Å². The third-order valence-electron chi connectivity index (χ3n) is 2.10. The molecule has 0 aliphatic heterocycles. The number of nitrogens with zero attached hydrogens (tertiary/aromatic N) is 1. The van der Waals surface area contributed by atoms with Crippen molar-refractivity contribution in [3.8, 4) is 0 Å². The molecule has 3 heteroatoms. The Hall–Kier alpha value is -1.38. The van der Waals surface area contributed by atoms with E-state index in [1.54, 1.807) is 6.07 Å². The van der Waals surface area contributed by atoms with Crippen LogP contribution in [0.1, 0.15) is 25.0 Å². The molecule has 13 heavy (non-hydrogen) atoms. The highest BCUT2D eigenvalue weighted by molar-refractivity contribution is 5.44. The molecule has 0 saturated heterocycles. The molecule has 0 spiro atoms.